The SMILES string of the molecule is CCCC(CC)CCOS(=O)(=O)O. The lowest BCUT2D eigenvalue weighted by Crippen LogP contribution is -2.09. The summed E-state index contributed by atoms with van der Waals surface area (Å²) in [5, 5.41) is 0. The molecule has 0 amide bonds. The van der Waals surface area contributed by atoms with Gasteiger partial charge in [-0.15, -0.1) is 0 Å². The molecule has 0 radical (unpaired) electrons. The number of hydrogen-bond donors (Lipinski definition) is 1. The Morgan fingerprint density at radius 3 is 2.31 bits per heavy atom. The van der Waals surface area contributed by atoms with Crippen molar-refractivity contribution in [1.82, 2.24) is 0 Å². The van der Waals surface area contributed by atoms with Crippen molar-refractivity contribution in [3.63, 3.8) is 0 Å². The van der Waals surface area contributed by atoms with Crippen molar-refractivity contribution < 1.29 is 17.2 Å². The van der Waals surface area contributed by atoms with Gasteiger partial charge >= 0.3 is 10.4 Å². The van der Waals surface area contributed by atoms with Crippen LogP contribution < -0.4 is 0 Å². The zero-order valence-corrected chi connectivity index (χ0v) is 9.01. The van der Waals surface area contributed by atoms with E-state index in [0.717, 1.165) is 19.3 Å². The zero-order valence-electron chi connectivity index (χ0n) is 8.19. The molecule has 0 aliphatic heterocycles. The van der Waals surface area contributed by atoms with E-state index in [1.165, 1.54) is 0 Å². The maximum absolute atomic E-state index is 10.2. The highest BCUT2D eigenvalue weighted by Gasteiger charge is 2.08. The van der Waals surface area contributed by atoms with Gasteiger partial charge in [0.1, 0.15) is 0 Å². The normalized spacial score (nSPS) is 14.4. The summed E-state index contributed by atoms with van der Waals surface area (Å²) in [6.45, 7) is 4.23. The Morgan fingerprint density at radius 1 is 1.31 bits per heavy atom. The quantitative estimate of drug-likeness (QED) is 0.653. The fourth-order valence-corrected chi connectivity index (χ4v) is 1.59. The van der Waals surface area contributed by atoms with Crippen LogP contribution in [0.5, 0.6) is 0 Å². The molecule has 5 heteroatoms. The largest absolute Gasteiger partial charge is 0.397 e. The maximum atomic E-state index is 10.2. The van der Waals surface area contributed by atoms with E-state index in [0.29, 0.717) is 12.3 Å². The summed E-state index contributed by atoms with van der Waals surface area (Å²) in [6.07, 6.45) is 3.86. The molecule has 0 aromatic heterocycles. The first kappa shape index (κ1) is 12.9. The van der Waals surface area contributed by atoms with E-state index in [2.05, 4.69) is 18.0 Å². The highest BCUT2D eigenvalue weighted by atomic mass is 32.3. The molecule has 0 spiro atoms. The molecule has 0 aliphatic carbocycles. The van der Waals surface area contributed by atoms with Crippen molar-refractivity contribution >= 4 is 10.4 Å². The van der Waals surface area contributed by atoms with E-state index in [-0.39, 0.29) is 6.61 Å². The van der Waals surface area contributed by atoms with E-state index in [1.807, 2.05) is 0 Å². The van der Waals surface area contributed by atoms with E-state index in [4.69, 9.17) is 4.55 Å². The predicted molar refractivity (Wildman–Crippen MR) is 50.8 cm³/mol. The second-order valence-corrected chi connectivity index (χ2v) is 4.19. The van der Waals surface area contributed by atoms with Gasteiger partial charge in [0.05, 0.1) is 6.61 Å². The second-order valence-electron chi connectivity index (χ2n) is 3.10. The van der Waals surface area contributed by atoms with E-state index >= 15 is 0 Å². The Morgan fingerprint density at radius 2 is 1.92 bits per heavy atom. The minimum absolute atomic E-state index is 0.0807. The third-order valence-corrected chi connectivity index (χ3v) is 2.50. The molecule has 1 N–H and O–H groups in total. The molecule has 0 fully saturated rings. The van der Waals surface area contributed by atoms with Crippen LogP contribution >= 0.6 is 0 Å². The zero-order chi connectivity index (χ0) is 10.3. The summed E-state index contributed by atoms with van der Waals surface area (Å²) < 4.78 is 32.9. The molecule has 0 aromatic rings. The van der Waals surface area contributed by atoms with Crippen LogP contribution in [-0.2, 0) is 14.6 Å². The van der Waals surface area contributed by atoms with E-state index in [1.54, 1.807) is 0 Å². The van der Waals surface area contributed by atoms with Crippen molar-refractivity contribution in [2.45, 2.75) is 39.5 Å². The van der Waals surface area contributed by atoms with Gasteiger partial charge in [-0.25, -0.2) is 4.18 Å². The van der Waals surface area contributed by atoms with Crippen molar-refractivity contribution in [2.24, 2.45) is 5.92 Å². The van der Waals surface area contributed by atoms with Gasteiger partial charge < -0.3 is 0 Å². The fourth-order valence-electron chi connectivity index (χ4n) is 1.28. The minimum atomic E-state index is -4.24. The van der Waals surface area contributed by atoms with Crippen LogP contribution in [-0.4, -0.2) is 19.6 Å². The summed E-state index contributed by atoms with van der Waals surface area (Å²) in [6, 6.07) is 0. The van der Waals surface area contributed by atoms with Crippen molar-refractivity contribution in [3.8, 4) is 0 Å². The van der Waals surface area contributed by atoms with Gasteiger partial charge in [-0.05, 0) is 12.3 Å². The van der Waals surface area contributed by atoms with Crippen LogP contribution in [0.15, 0.2) is 0 Å². The smallest absolute Gasteiger partial charge is 0.264 e. The summed E-state index contributed by atoms with van der Waals surface area (Å²) in [5.41, 5.74) is 0. The van der Waals surface area contributed by atoms with Gasteiger partial charge in [0.2, 0.25) is 0 Å². The maximum Gasteiger partial charge on any atom is 0.397 e. The molecule has 0 saturated heterocycles. The lowest BCUT2D eigenvalue weighted by atomic mass is 9.98. The summed E-state index contributed by atoms with van der Waals surface area (Å²) in [5.74, 6) is 0.492. The summed E-state index contributed by atoms with van der Waals surface area (Å²) >= 11 is 0. The summed E-state index contributed by atoms with van der Waals surface area (Å²) in [4.78, 5) is 0. The molecule has 1 atom stereocenters. The van der Waals surface area contributed by atoms with Crippen LogP contribution in [0.2, 0.25) is 0 Å². The first-order valence-corrected chi connectivity index (χ1v) is 5.98. The Kier molecular flexibility index (Phi) is 6.28. The molecular formula is C8H18O4S. The summed E-state index contributed by atoms with van der Waals surface area (Å²) in [7, 11) is -4.24. The molecule has 0 heterocycles. The van der Waals surface area contributed by atoms with Crippen LogP contribution in [0.3, 0.4) is 0 Å². The number of rotatable bonds is 7. The Balaban J connectivity index is 3.61. The monoisotopic (exact) mass is 210 g/mol. The van der Waals surface area contributed by atoms with Gasteiger partial charge in [0.15, 0.2) is 0 Å². The molecule has 80 valence electrons. The standard InChI is InChI=1S/C8H18O4S/c1-3-5-8(4-2)6-7-12-13(9,10)11/h8H,3-7H2,1-2H3,(H,9,10,11). The molecular weight excluding hydrogens is 192 g/mol. The Bertz CT molecular complexity index is 210. The molecule has 13 heavy (non-hydrogen) atoms. The minimum Gasteiger partial charge on any atom is -0.264 e. The lowest BCUT2D eigenvalue weighted by Gasteiger charge is -2.12. The highest BCUT2D eigenvalue weighted by Crippen LogP contribution is 2.15. The first-order valence-electron chi connectivity index (χ1n) is 4.61. The molecule has 4 nitrogen and oxygen atoms in total. The molecule has 0 bridgehead atoms. The van der Waals surface area contributed by atoms with Crippen molar-refractivity contribution in [3.05, 3.63) is 0 Å². The lowest BCUT2D eigenvalue weighted by molar-refractivity contribution is 0.239. The van der Waals surface area contributed by atoms with Gasteiger partial charge in [0, 0.05) is 0 Å². The van der Waals surface area contributed by atoms with Gasteiger partial charge in [-0.3, -0.25) is 4.55 Å². The predicted octanol–water partition coefficient (Wildman–Crippen LogP) is 2.02. The van der Waals surface area contributed by atoms with Gasteiger partial charge in [0.25, 0.3) is 0 Å². The average Bonchev–Trinajstić information content (AvgIpc) is 2.01. The Labute approximate surface area is 80.2 Å². The molecule has 1 unspecified atom stereocenters. The Hall–Kier alpha value is -0.130. The van der Waals surface area contributed by atoms with Crippen molar-refractivity contribution in [1.29, 1.82) is 0 Å². The van der Waals surface area contributed by atoms with Crippen LogP contribution in [0, 0.1) is 5.92 Å². The van der Waals surface area contributed by atoms with Gasteiger partial charge in [-0.1, -0.05) is 33.1 Å². The van der Waals surface area contributed by atoms with Crippen molar-refractivity contribution in [2.75, 3.05) is 6.61 Å². The second kappa shape index (κ2) is 6.34. The molecule has 0 aliphatic rings. The van der Waals surface area contributed by atoms with E-state index < -0.39 is 10.4 Å². The third kappa shape index (κ3) is 8.21. The topological polar surface area (TPSA) is 63.6 Å². The first-order chi connectivity index (χ1) is 5.99. The number of hydrogen-bond acceptors (Lipinski definition) is 3. The fraction of sp³-hybridized carbons (Fsp3) is 1.00. The van der Waals surface area contributed by atoms with E-state index in [9.17, 15) is 8.42 Å². The average molecular weight is 210 g/mol. The molecule has 0 saturated carbocycles. The molecule has 0 rings (SSSR count). The van der Waals surface area contributed by atoms with Gasteiger partial charge in [-0.2, -0.15) is 8.42 Å². The molecule has 0 aromatic carbocycles. The van der Waals surface area contributed by atoms with Crippen LogP contribution in [0.1, 0.15) is 39.5 Å². The van der Waals surface area contributed by atoms with Crippen LogP contribution in [0.25, 0.3) is 0 Å². The van der Waals surface area contributed by atoms with Crippen LogP contribution in [0.4, 0.5) is 0 Å². The third-order valence-electron chi connectivity index (χ3n) is 2.03. The highest BCUT2D eigenvalue weighted by molar-refractivity contribution is 7.80.